The summed E-state index contributed by atoms with van der Waals surface area (Å²) in [7, 11) is 1.69. The molecule has 0 spiro atoms. The van der Waals surface area contributed by atoms with Crippen LogP contribution in [-0.2, 0) is 20.9 Å². The fourth-order valence-electron chi connectivity index (χ4n) is 2.95. The summed E-state index contributed by atoms with van der Waals surface area (Å²) in [5.41, 5.74) is 5.26. The monoisotopic (exact) mass is 369 g/mol. The molecule has 5 heteroatoms. The molecular weight excluding hydrogens is 342 g/mol. The van der Waals surface area contributed by atoms with Crippen LogP contribution in [0.15, 0.2) is 36.4 Å². The van der Waals surface area contributed by atoms with Gasteiger partial charge in [-0.2, -0.15) is 0 Å². The lowest BCUT2D eigenvalue weighted by Crippen LogP contribution is -2.31. The van der Waals surface area contributed by atoms with Crippen molar-refractivity contribution < 1.29 is 19.1 Å². The van der Waals surface area contributed by atoms with Gasteiger partial charge in [0, 0.05) is 13.6 Å². The zero-order valence-electron chi connectivity index (χ0n) is 16.7. The molecule has 0 radical (unpaired) electrons. The number of benzene rings is 2. The van der Waals surface area contributed by atoms with Crippen LogP contribution >= 0.6 is 0 Å². The van der Waals surface area contributed by atoms with Crippen molar-refractivity contribution in [2.75, 3.05) is 20.3 Å². The molecule has 0 heterocycles. The molecule has 0 aliphatic heterocycles. The number of carbonyl (C=O) groups excluding carboxylic acids is 2. The molecule has 0 N–H and O–H groups in total. The minimum absolute atomic E-state index is 0.223. The van der Waals surface area contributed by atoms with Crippen LogP contribution in [0.1, 0.15) is 27.8 Å². The van der Waals surface area contributed by atoms with E-state index >= 15 is 0 Å². The van der Waals surface area contributed by atoms with Crippen molar-refractivity contribution in [3.8, 4) is 5.75 Å². The Morgan fingerprint density at radius 2 is 1.56 bits per heavy atom. The van der Waals surface area contributed by atoms with E-state index in [1.54, 1.807) is 11.9 Å². The number of aryl methyl sites for hydroxylation is 4. The first-order chi connectivity index (χ1) is 12.8. The number of hydrogen-bond donors (Lipinski definition) is 0. The molecule has 0 saturated heterocycles. The highest BCUT2D eigenvalue weighted by atomic mass is 16.6. The number of carbonyl (C=O) groups is 2. The minimum atomic E-state index is -0.563. The predicted molar refractivity (Wildman–Crippen MR) is 105 cm³/mol. The van der Waals surface area contributed by atoms with Crippen LogP contribution in [0.3, 0.4) is 0 Å². The summed E-state index contributed by atoms with van der Waals surface area (Å²) < 4.78 is 10.7. The predicted octanol–water partition coefficient (Wildman–Crippen LogP) is 3.50. The van der Waals surface area contributed by atoms with Gasteiger partial charge in [0.05, 0.1) is 0 Å². The Morgan fingerprint density at radius 3 is 2.19 bits per heavy atom. The zero-order chi connectivity index (χ0) is 20.0. The van der Waals surface area contributed by atoms with Crippen molar-refractivity contribution in [3.05, 3.63) is 64.2 Å². The molecule has 1 amide bonds. The van der Waals surface area contributed by atoms with E-state index in [-0.39, 0.29) is 19.1 Å². The Hall–Kier alpha value is -2.82. The third-order valence-electron chi connectivity index (χ3n) is 4.39. The highest BCUT2D eigenvalue weighted by Gasteiger charge is 2.14. The maximum absolute atomic E-state index is 12.2. The van der Waals surface area contributed by atoms with E-state index in [1.807, 2.05) is 64.1 Å². The SMILES string of the molecule is Cc1cc(C)c(OCC(=O)OCC(=O)N(C)Cc2ccccc2C)c(C)c1. The van der Waals surface area contributed by atoms with Gasteiger partial charge in [-0.25, -0.2) is 4.79 Å². The van der Waals surface area contributed by atoms with Crippen LogP contribution in [0.5, 0.6) is 5.75 Å². The first kappa shape index (κ1) is 20.5. The Balaban J connectivity index is 1.81. The summed E-state index contributed by atoms with van der Waals surface area (Å²) >= 11 is 0. The normalized spacial score (nSPS) is 10.4. The minimum Gasteiger partial charge on any atom is -0.481 e. The molecule has 0 atom stereocenters. The van der Waals surface area contributed by atoms with Gasteiger partial charge in [0.15, 0.2) is 13.2 Å². The molecule has 0 aliphatic rings. The second-order valence-corrected chi connectivity index (χ2v) is 6.85. The standard InChI is InChI=1S/C22H27NO4/c1-15-10-17(3)22(18(4)11-15)27-14-21(25)26-13-20(24)23(5)12-19-9-7-6-8-16(19)2/h6-11H,12-14H2,1-5H3. The average Bonchev–Trinajstić information content (AvgIpc) is 2.60. The largest absolute Gasteiger partial charge is 0.481 e. The number of rotatable bonds is 7. The van der Waals surface area contributed by atoms with Crippen molar-refractivity contribution in [1.29, 1.82) is 0 Å². The summed E-state index contributed by atoms with van der Waals surface area (Å²) in [6.45, 7) is 7.84. The molecule has 2 aromatic carbocycles. The Morgan fingerprint density at radius 1 is 0.926 bits per heavy atom. The molecule has 0 aliphatic carbocycles. The van der Waals surface area contributed by atoms with Crippen LogP contribution in [0.25, 0.3) is 0 Å². The summed E-state index contributed by atoms with van der Waals surface area (Å²) in [4.78, 5) is 25.7. The van der Waals surface area contributed by atoms with Gasteiger partial charge in [0.2, 0.25) is 0 Å². The van der Waals surface area contributed by atoms with Gasteiger partial charge in [0.1, 0.15) is 5.75 Å². The maximum Gasteiger partial charge on any atom is 0.344 e. The highest BCUT2D eigenvalue weighted by molar-refractivity contribution is 5.80. The van der Waals surface area contributed by atoms with Crippen LogP contribution < -0.4 is 4.74 Å². The molecule has 2 aromatic rings. The van der Waals surface area contributed by atoms with Crippen molar-refractivity contribution >= 4 is 11.9 Å². The molecule has 5 nitrogen and oxygen atoms in total. The summed E-state index contributed by atoms with van der Waals surface area (Å²) in [5, 5.41) is 0. The molecule has 27 heavy (non-hydrogen) atoms. The van der Waals surface area contributed by atoms with Crippen molar-refractivity contribution in [3.63, 3.8) is 0 Å². The Kier molecular flexibility index (Phi) is 6.99. The number of hydrogen-bond acceptors (Lipinski definition) is 4. The van der Waals surface area contributed by atoms with E-state index in [0.29, 0.717) is 12.3 Å². The summed E-state index contributed by atoms with van der Waals surface area (Å²) in [6, 6.07) is 11.9. The third kappa shape index (κ3) is 5.84. The van der Waals surface area contributed by atoms with E-state index in [1.165, 1.54) is 0 Å². The fraction of sp³-hybridized carbons (Fsp3) is 0.364. The van der Waals surface area contributed by atoms with Crippen LogP contribution in [-0.4, -0.2) is 37.0 Å². The second-order valence-electron chi connectivity index (χ2n) is 6.85. The van der Waals surface area contributed by atoms with Gasteiger partial charge in [-0.1, -0.05) is 42.0 Å². The van der Waals surface area contributed by atoms with Gasteiger partial charge in [-0.3, -0.25) is 4.79 Å². The Bertz CT molecular complexity index is 806. The average molecular weight is 369 g/mol. The molecule has 0 aromatic heterocycles. The zero-order valence-corrected chi connectivity index (χ0v) is 16.7. The first-order valence-electron chi connectivity index (χ1n) is 8.92. The van der Waals surface area contributed by atoms with Crippen LogP contribution in [0.2, 0.25) is 0 Å². The van der Waals surface area contributed by atoms with Gasteiger partial charge in [0.25, 0.3) is 5.91 Å². The van der Waals surface area contributed by atoms with E-state index in [0.717, 1.165) is 27.8 Å². The van der Waals surface area contributed by atoms with E-state index in [4.69, 9.17) is 9.47 Å². The lowest BCUT2D eigenvalue weighted by molar-refractivity contribution is -0.153. The molecule has 2 rings (SSSR count). The number of ether oxygens (including phenoxy) is 2. The number of amides is 1. The van der Waals surface area contributed by atoms with E-state index < -0.39 is 5.97 Å². The van der Waals surface area contributed by atoms with Gasteiger partial charge < -0.3 is 14.4 Å². The maximum atomic E-state index is 12.2. The van der Waals surface area contributed by atoms with Crippen LogP contribution in [0, 0.1) is 27.7 Å². The van der Waals surface area contributed by atoms with E-state index in [2.05, 4.69) is 0 Å². The molecule has 144 valence electrons. The lowest BCUT2D eigenvalue weighted by Gasteiger charge is -2.18. The fourth-order valence-corrected chi connectivity index (χ4v) is 2.95. The van der Waals surface area contributed by atoms with Gasteiger partial charge in [-0.15, -0.1) is 0 Å². The molecule has 0 unspecified atom stereocenters. The molecule has 0 saturated carbocycles. The molecular formula is C22H27NO4. The van der Waals surface area contributed by atoms with Gasteiger partial charge >= 0.3 is 5.97 Å². The number of esters is 1. The first-order valence-corrected chi connectivity index (χ1v) is 8.92. The van der Waals surface area contributed by atoms with Crippen molar-refractivity contribution in [2.45, 2.75) is 34.2 Å². The summed E-state index contributed by atoms with van der Waals surface area (Å²) in [5.74, 6) is -0.137. The van der Waals surface area contributed by atoms with Gasteiger partial charge in [-0.05, 0) is 49.9 Å². The van der Waals surface area contributed by atoms with Crippen molar-refractivity contribution in [2.24, 2.45) is 0 Å². The smallest absolute Gasteiger partial charge is 0.344 e. The highest BCUT2D eigenvalue weighted by Crippen LogP contribution is 2.24. The topological polar surface area (TPSA) is 55.8 Å². The number of nitrogens with zero attached hydrogens (tertiary/aromatic N) is 1. The Labute approximate surface area is 160 Å². The lowest BCUT2D eigenvalue weighted by atomic mass is 10.1. The van der Waals surface area contributed by atoms with Crippen molar-refractivity contribution in [1.82, 2.24) is 4.90 Å². The number of likely N-dealkylation sites (N-methyl/N-ethyl adjacent to an activating group) is 1. The second kappa shape index (κ2) is 9.21. The molecule has 0 bridgehead atoms. The van der Waals surface area contributed by atoms with E-state index in [9.17, 15) is 9.59 Å². The van der Waals surface area contributed by atoms with Crippen LogP contribution in [0.4, 0.5) is 0 Å². The molecule has 0 fully saturated rings. The third-order valence-corrected chi connectivity index (χ3v) is 4.39. The quantitative estimate of drug-likeness (QED) is 0.701. The summed E-state index contributed by atoms with van der Waals surface area (Å²) in [6.07, 6.45) is 0.